The van der Waals surface area contributed by atoms with Crippen LogP contribution in [0.25, 0.3) is 0 Å². The van der Waals surface area contributed by atoms with Crippen LogP contribution in [0.15, 0.2) is 69.9 Å². The van der Waals surface area contributed by atoms with Crippen molar-refractivity contribution in [3.63, 3.8) is 0 Å². The maximum absolute atomic E-state index is 10.3. The highest BCUT2D eigenvalue weighted by molar-refractivity contribution is 5.35. The fourth-order valence-electron chi connectivity index (χ4n) is 2.02. The normalized spacial score (nSPS) is 13.9. The van der Waals surface area contributed by atoms with Gasteiger partial charge in [0.25, 0.3) is 0 Å². The van der Waals surface area contributed by atoms with E-state index in [1.807, 2.05) is 12.2 Å². The van der Waals surface area contributed by atoms with Crippen molar-refractivity contribution < 1.29 is 19.0 Å². The van der Waals surface area contributed by atoms with Crippen molar-refractivity contribution in [2.24, 2.45) is 0 Å². The second-order valence-corrected chi connectivity index (χ2v) is 4.98. The minimum absolute atomic E-state index is 0.219. The summed E-state index contributed by atoms with van der Waals surface area (Å²) in [4.78, 5) is 0. The summed E-state index contributed by atoms with van der Waals surface area (Å²) in [6, 6.07) is 6.83. The van der Waals surface area contributed by atoms with E-state index in [1.165, 1.54) is 12.5 Å². The third-order valence-corrected chi connectivity index (χ3v) is 3.24. The van der Waals surface area contributed by atoms with E-state index < -0.39 is 12.2 Å². The Labute approximate surface area is 135 Å². The highest BCUT2D eigenvalue weighted by Crippen LogP contribution is 2.23. The molecule has 0 aliphatic carbocycles. The number of rotatable bonds is 7. The van der Waals surface area contributed by atoms with Crippen LogP contribution in [0, 0.1) is 11.8 Å². The first-order chi connectivity index (χ1) is 11.2. The average molecular weight is 312 g/mol. The number of aliphatic hydroxyl groups is 2. The smallest absolute Gasteiger partial charge is 0.144 e. The summed E-state index contributed by atoms with van der Waals surface area (Å²) in [7, 11) is 0. The third-order valence-electron chi connectivity index (χ3n) is 3.24. The van der Waals surface area contributed by atoms with Gasteiger partial charge in [0.05, 0.1) is 12.5 Å². The van der Waals surface area contributed by atoms with Gasteiger partial charge in [0.2, 0.25) is 0 Å². The largest absolute Gasteiger partial charge is 0.467 e. The first kappa shape index (κ1) is 16.9. The predicted octanol–water partition coefficient (Wildman–Crippen LogP) is 3.93. The third kappa shape index (κ3) is 5.03. The monoisotopic (exact) mass is 312 g/mol. The molecule has 0 aromatic carbocycles. The zero-order valence-corrected chi connectivity index (χ0v) is 12.8. The lowest BCUT2D eigenvalue weighted by Crippen LogP contribution is -1.99. The average Bonchev–Trinajstić information content (AvgIpc) is 3.25. The second-order valence-electron chi connectivity index (χ2n) is 4.98. The van der Waals surface area contributed by atoms with Gasteiger partial charge in [-0.05, 0) is 37.1 Å². The Bertz CT molecular complexity index is 669. The van der Waals surface area contributed by atoms with Gasteiger partial charge in [0.1, 0.15) is 23.7 Å². The second kappa shape index (κ2) is 8.84. The number of allylic oxidation sites excluding steroid dienone is 2. The molecule has 2 rings (SSSR count). The van der Waals surface area contributed by atoms with Gasteiger partial charge in [0, 0.05) is 12.0 Å². The van der Waals surface area contributed by atoms with Gasteiger partial charge < -0.3 is 19.0 Å². The van der Waals surface area contributed by atoms with Crippen LogP contribution in [0.5, 0.6) is 0 Å². The fourth-order valence-corrected chi connectivity index (χ4v) is 2.02. The first-order valence-electron chi connectivity index (χ1n) is 7.45. The molecule has 0 saturated carbocycles. The van der Waals surface area contributed by atoms with Crippen molar-refractivity contribution in [2.75, 3.05) is 0 Å². The molecule has 2 aromatic rings. The highest BCUT2D eigenvalue weighted by atomic mass is 16.4. The van der Waals surface area contributed by atoms with Crippen molar-refractivity contribution in [1.82, 2.24) is 0 Å². The molecular weight excluding hydrogens is 292 g/mol. The standard InChI is InChI=1S/C19H20O4/c1-2-3-4-8-15(19(21)18-12-7-14-23-18)9-5-10-16(20)17-11-6-13-22-17/h2,6-8,11-14,16,19-21H,1,3-4,10H2/b15-8+. The van der Waals surface area contributed by atoms with Crippen molar-refractivity contribution >= 4 is 0 Å². The zero-order chi connectivity index (χ0) is 16.5. The molecule has 2 atom stereocenters. The van der Waals surface area contributed by atoms with Gasteiger partial charge in [0.15, 0.2) is 0 Å². The maximum Gasteiger partial charge on any atom is 0.144 e. The van der Waals surface area contributed by atoms with Gasteiger partial charge in [-0.25, -0.2) is 0 Å². The van der Waals surface area contributed by atoms with Crippen molar-refractivity contribution in [2.45, 2.75) is 31.5 Å². The summed E-state index contributed by atoms with van der Waals surface area (Å²) in [6.07, 6.45) is 6.73. The molecule has 0 saturated heterocycles. The summed E-state index contributed by atoms with van der Waals surface area (Å²) in [5.41, 5.74) is 0.549. The number of aliphatic hydroxyl groups excluding tert-OH is 2. The fraction of sp³-hybridized carbons (Fsp3) is 0.263. The predicted molar refractivity (Wildman–Crippen MR) is 87.2 cm³/mol. The number of unbranched alkanes of at least 4 members (excludes halogenated alkanes) is 1. The Morgan fingerprint density at radius 3 is 2.43 bits per heavy atom. The van der Waals surface area contributed by atoms with E-state index in [4.69, 9.17) is 8.83 Å². The van der Waals surface area contributed by atoms with Gasteiger partial charge in [-0.1, -0.05) is 24.0 Å². The topological polar surface area (TPSA) is 66.7 Å². The van der Waals surface area contributed by atoms with E-state index in [1.54, 1.807) is 24.3 Å². The molecule has 0 bridgehead atoms. The Balaban J connectivity index is 2.07. The highest BCUT2D eigenvalue weighted by Gasteiger charge is 2.14. The van der Waals surface area contributed by atoms with E-state index >= 15 is 0 Å². The molecule has 0 aliphatic rings. The van der Waals surface area contributed by atoms with Crippen LogP contribution in [0.4, 0.5) is 0 Å². The van der Waals surface area contributed by atoms with Gasteiger partial charge in [-0.15, -0.1) is 6.58 Å². The van der Waals surface area contributed by atoms with E-state index in [0.717, 1.165) is 12.8 Å². The molecule has 4 heteroatoms. The van der Waals surface area contributed by atoms with Crippen LogP contribution in [-0.4, -0.2) is 10.2 Å². The lowest BCUT2D eigenvalue weighted by atomic mass is 10.1. The summed E-state index contributed by atoms with van der Waals surface area (Å²) in [6.45, 7) is 3.68. The van der Waals surface area contributed by atoms with E-state index in [-0.39, 0.29) is 6.42 Å². The quantitative estimate of drug-likeness (QED) is 0.462. The molecular formula is C19H20O4. The minimum Gasteiger partial charge on any atom is -0.467 e. The molecule has 0 aliphatic heterocycles. The molecule has 0 fully saturated rings. The Morgan fingerprint density at radius 1 is 1.13 bits per heavy atom. The number of hydrogen-bond acceptors (Lipinski definition) is 4. The summed E-state index contributed by atoms with van der Waals surface area (Å²) in [5, 5.41) is 20.3. The number of furan rings is 2. The minimum atomic E-state index is -0.914. The van der Waals surface area contributed by atoms with E-state index in [2.05, 4.69) is 18.4 Å². The van der Waals surface area contributed by atoms with Crippen molar-refractivity contribution in [3.8, 4) is 11.8 Å². The zero-order valence-electron chi connectivity index (χ0n) is 12.8. The Kier molecular flexibility index (Phi) is 6.49. The molecule has 120 valence electrons. The molecule has 0 spiro atoms. The van der Waals surface area contributed by atoms with Crippen LogP contribution in [0.2, 0.25) is 0 Å². The molecule has 2 N–H and O–H groups in total. The van der Waals surface area contributed by atoms with Gasteiger partial charge in [-0.2, -0.15) is 0 Å². The number of hydrogen-bond donors (Lipinski definition) is 2. The van der Waals surface area contributed by atoms with E-state index in [0.29, 0.717) is 17.1 Å². The molecule has 2 unspecified atom stereocenters. The van der Waals surface area contributed by atoms with Gasteiger partial charge >= 0.3 is 0 Å². The summed E-state index contributed by atoms with van der Waals surface area (Å²) >= 11 is 0. The molecule has 2 heterocycles. The molecule has 0 radical (unpaired) electrons. The van der Waals surface area contributed by atoms with Crippen LogP contribution < -0.4 is 0 Å². The van der Waals surface area contributed by atoms with Crippen LogP contribution in [0.1, 0.15) is 43.0 Å². The SMILES string of the molecule is C=CCC/C=C(\C#CCC(O)c1ccco1)C(O)c1ccco1. The summed E-state index contributed by atoms with van der Waals surface area (Å²) in [5.74, 6) is 6.73. The molecule has 0 amide bonds. The Hall–Kier alpha value is -2.48. The maximum atomic E-state index is 10.3. The first-order valence-corrected chi connectivity index (χ1v) is 7.45. The summed E-state index contributed by atoms with van der Waals surface area (Å²) < 4.78 is 10.4. The van der Waals surface area contributed by atoms with Crippen molar-refractivity contribution in [1.29, 1.82) is 0 Å². The van der Waals surface area contributed by atoms with Crippen molar-refractivity contribution in [3.05, 3.63) is 72.6 Å². The molecule has 4 nitrogen and oxygen atoms in total. The lowest BCUT2D eigenvalue weighted by molar-refractivity contribution is 0.155. The molecule has 2 aromatic heterocycles. The van der Waals surface area contributed by atoms with Crippen LogP contribution in [-0.2, 0) is 0 Å². The molecule has 23 heavy (non-hydrogen) atoms. The van der Waals surface area contributed by atoms with Gasteiger partial charge in [-0.3, -0.25) is 0 Å². The lowest BCUT2D eigenvalue weighted by Gasteiger charge is -2.07. The Morgan fingerprint density at radius 2 is 1.83 bits per heavy atom. The van der Waals surface area contributed by atoms with Crippen LogP contribution >= 0.6 is 0 Å². The van der Waals surface area contributed by atoms with E-state index in [9.17, 15) is 10.2 Å². The van der Waals surface area contributed by atoms with Crippen LogP contribution in [0.3, 0.4) is 0 Å².